The molecule has 1 aromatic carbocycles. The van der Waals surface area contributed by atoms with Gasteiger partial charge in [0.15, 0.2) is 11.6 Å². The van der Waals surface area contributed by atoms with Gasteiger partial charge in [-0.25, -0.2) is 9.37 Å². The summed E-state index contributed by atoms with van der Waals surface area (Å²) in [5, 5.41) is 2.89. The summed E-state index contributed by atoms with van der Waals surface area (Å²) in [6.07, 6.45) is 0.419. The van der Waals surface area contributed by atoms with Crippen molar-refractivity contribution in [3.05, 3.63) is 45.7 Å². The molecule has 2 aromatic rings. The molecule has 3 N–H and O–H groups in total. The van der Waals surface area contributed by atoms with Crippen LogP contribution < -0.4 is 16.0 Å². The smallest absolute Gasteiger partial charge is 0.168 e. The van der Waals surface area contributed by atoms with Crippen LogP contribution in [0.2, 0.25) is 0 Å². The molecule has 19 heavy (non-hydrogen) atoms. The van der Waals surface area contributed by atoms with E-state index in [9.17, 15) is 4.39 Å². The van der Waals surface area contributed by atoms with E-state index in [1.807, 2.05) is 12.3 Å². The van der Waals surface area contributed by atoms with Crippen LogP contribution >= 0.6 is 11.3 Å². The van der Waals surface area contributed by atoms with Crippen molar-refractivity contribution in [1.29, 1.82) is 0 Å². The van der Waals surface area contributed by atoms with E-state index in [4.69, 9.17) is 10.6 Å². The molecule has 102 valence electrons. The van der Waals surface area contributed by atoms with Crippen LogP contribution in [0, 0.1) is 12.7 Å². The predicted octanol–water partition coefficient (Wildman–Crippen LogP) is 2.35. The summed E-state index contributed by atoms with van der Waals surface area (Å²) in [4.78, 5) is 4.37. The van der Waals surface area contributed by atoms with Crippen molar-refractivity contribution in [3.63, 3.8) is 0 Å². The zero-order valence-electron chi connectivity index (χ0n) is 10.8. The molecule has 0 aliphatic rings. The molecule has 0 aliphatic carbocycles. The van der Waals surface area contributed by atoms with Gasteiger partial charge in [0.05, 0.1) is 23.9 Å². The number of rotatable bonds is 5. The van der Waals surface area contributed by atoms with E-state index in [2.05, 4.69) is 10.4 Å². The van der Waals surface area contributed by atoms with Gasteiger partial charge in [-0.3, -0.25) is 11.3 Å². The third kappa shape index (κ3) is 3.09. The lowest BCUT2D eigenvalue weighted by molar-refractivity contribution is 0.382. The molecule has 0 radical (unpaired) electrons. The highest BCUT2D eigenvalue weighted by Crippen LogP contribution is 2.25. The molecule has 1 unspecified atom stereocenters. The summed E-state index contributed by atoms with van der Waals surface area (Å²) >= 11 is 1.55. The Kier molecular flexibility index (Phi) is 4.47. The molecular formula is C13H16FN3OS. The van der Waals surface area contributed by atoms with Gasteiger partial charge >= 0.3 is 0 Å². The minimum Gasteiger partial charge on any atom is -0.494 e. The van der Waals surface area contributed by atoms with E-state index in [0.29, 0.717) is 12.0 Å². The van der Waals surface area contributed by atoms with Crippen LogP contribution in [-0.2, 0) is 6.42 Å². The Morgan fingerprint density at radius 2 is 2.32 bits per heavy atom. The van der Waals surface area contributed by atoms with Crippen LogP contribution in [0.4, 0.5) is 4.39 Å². The Labute approximate surface area is 115 Å². The standard InChI is InChI=1S/C13H16FN3OS/c1-8-16-11(7-19-8)10(17-15)6-9-4-3-5-12(18-2)13(9)14/h3-5,7,10,17H,6,15H2,1-2H3. The third-order valence-electron chi connectivity index (χ3n) is 2.88. The van der Waals surface area contributed by atoms with Crippen molar-refractivity contribution in [2.45, 2.75) is 19.4 Å². The third-order valence-corrected chi connectivity index (χ3v) is 3.67. The number of nitrogens with two attached hydrogens (primary N) is 1. The van der Waals surface area contributed by atoms with Gasteiger partial charge in [0.1, 0.15) is 0 Å². The SMILES string of the molecule is COc1cccc(CC(NN)c2csc(C)n2)c1F. The largest absolute Gasteiger partial charge is 0.494 e. The Balaban J connectivity index is 2.23. The van der Waals surface area contributed by atoms with Crippen molar-refractivity contribution in [3.8, 4) is 5.75 Å². The molecule has 4 nitrogen and oxygen atoms in total. The second-order valence-corrected chi connectivity index (χ2v) is 5.21. The Bertz CT molecular complexity index is 559. The first kappa shape index (κ1) is 13.9. The number of methoxy groups -OCH3 is 1. The fourth-order valence-corrected chi connectivity index (χ4v) is 2.55. The normalized spacial score (nSPS) is 12.4. The molecule has 0 spiro atoms. The molecule has 2 rings (SSSR count). The number of ether oxygens (including phenoxy) is 1. The number of thiazole rings is 1. The van der Waals surface area contributed by atoms with Crippen molar-refractivity contribution in [2.75, 3.05) is 7.11 Å². The van der Waals surface area contributed by atoms with Gasteiger partial charge in [0, 0.05) is 5.38 Å². The van der Waals surface area contributed by atoms with Crippen LogP contribution in [0.3, 0.4) is 0 Å². The second kappa shape index (κ2) is 6.10. The molecule has 1 aromatic heterocycles. The highest BCUT2D eigenvalue weighted by atomic mass is 32.1. The number of halogens is 1. The van der Waals surface area contributed by atoms with Gasteiger partial charge in [0.2, 0.25) is 0 Å². The van der Waals surface area contributed by atoms with Crippen LogP contribution in [0.15, 0.2) is 23.6 Å². The van der Waals surface area contributed by atoms with Crippen molar-refractivity contribution in [1.82, 2.24) is 10.4 Å². The van der Waals surface area contributed by atoms with Gasteiger partial charge in [-0.15, -0.1) is 11.3 Å². The van der Waals surface area contributed by atoms with Crippen LogP contribution in [0.25, 0.3) is 0 Å². The summed E-state index contributed by atoms with van der Waals surface area (Å²) in [5.74, 6) is 5.43. The Hall–Kier alpha value is -1.50. The van der Waals surface area contributed by atoms with Gasteiger partial charge in [-0.05, 0) is 25.0 Å². The maximum atomic E-state index is 14.1. The van der Waals surface area contributed by atoms with E-state index in [0.717, 1.165) is 10.7 Å². The van der Waals surface area contributed by atoms with E-state index in [1.165, 1.54) is 7.11 Å². The molecule has 0 fully saturated rings. The topological polar surface area (TPSA) is 60.2 Å². The fraction of sp³-hybridized carbons (Fsp3) is 0.308. The number of hydrogen-bond acceptors (Lipinski definition) is 5. The van der Waals surface area contributed by atoms with Crippen LogP contribution in [0.5, 0.6) is 5.75 Å². The molecule has 0 saturated carbocycles. The highest BCUT2D eigenvalue weighted by molar-refractivity contribution is 7.09. The lowest BCUT2D eigenvalue weighted by atomic mass is 10.0. The molecule has 1 heterocycles. The number of benzene rings is 1. The molecule has 0 aliphatic heterocycles. The van der Waals surface area contributed by atoms with Gasteiger partial charge in [0.25, 0.3) is 0 Å². The summed E-state index contributed by atoms with van der Waals surface area (Å²) in [6, 6.07) is 4.86. The minimum atomic E-state index is -0.350. The Morgan fingerprint density at radius 1 is 1.53 bits per heavy atom. The van der Waals surface area contributed by atoms with Gasteiger partial charge < -0.3 is 4.74 Å². The first-order valence-electron chi connectivity index (χ1n) is 5.85. The second-order valence-electron chi connectivity index (χ2n) is 4.15. The van der Waals surface area contributed by atoms with Crippen molar-refractivity contribution in [2.24, 2.45) is 5.84 Å². The van der Waals surface area contributed by atoms with Gasteiger partial charge in [-0.1, -0.05) is 12.1 Å². The lowest BCUT2D eigenvalue weighted by Gasteiger charge is -2.15. The maximum Gasteiger partial charge on any atom is 0.168 e. The summed E-state index contributed by atoms with van der Waals surface area (Å²) < 4.78 is 19.0. The number of nitrogens with zero attached hydrogens (tertiary/aromatic N) is 1. The number of hydrogen-bond donors (Lipinski definition) is 2. The average molecular weight is 281 g/mol. The summed E-state index contributed by atoms with van der Waals surface area (Å²) in [6.45, 7) is 1.92. The number of aryl methyl sites for hydroxylation is 1. The predicted molar refractivity (Wildman–Crippen MR) is 73.6 cm³/mol. The fourth-order valence-electron chi connectivity index (χ4n) is 1.88. The number of hydrazine groups is 1. The first-order chi connectivity index (χ1) is 9.15. The van der Waals surface area contributed by atoms with Crippen LogP contribution in [0.1, 0.15) is 22.3 Å². The monoisotopic (exact) mass is 281 g/mol. The van der Waals surface area contributed by atoms with Gasteiger partial charge in [-0.2, -0.15) is 0 Å². The molecular weight excluding hydrogens is 265 g/mol. The average Bonchev–Trinajstić information content (AvgIpc) is 2.84. The lowest BCUT2D eigenvalue weighted by Crippen LogP contribution is -2.30. The van der Waals surface area contributed by atoms with Crippen LogP contribution in [-0.4, -0.2) is 12.1 Å². The summed E-state index contributed by atoms with van der Waals surface area (Å²) in [5.41, 5.74) is 4.06. The number of aromatic nitrogens is 1. The highest BCUT2D eigenvalue weighted by Gasteiger charge is 2.17. The molecule has 1 atom stereocenters. The summed E-state index contributed by atoms with van der Waals surface area (Å²) in [7, 11) is 1.45. The molecule has 0 amide bonds. The number of nitrogens with one attached hydrogen (secondary N) is 1. The van der Waals surface area contributed by atoms with E-state index in [-0.39, 0.29) is 17.6 Å². The zero-order chi connectivity index (χ0) is 13.8. The quantitative estimate of drug-likeness (QED) is 0.652. The zero-order valence-corrected chi connectivity index (χ0v) is 11.6. The van der Waals surface area contributed by atoms with E-state index >= 15 is 0 Å². The molecule has 0 saturated heterocycles. The maximum absolute atomic E-state index is 14.1. The molecule has 0 bridgehead atoms. The first-order valence-corrected chi connectivity index (χ1v) is 6.73. The molecule has 6 heteroatoms. The van der Waals surface area contributed by atoms with E-state index < -0.39 is 0 Å². The van der Waals surface area contributed by atoms with Crippen molar-refractivity contribution < 1.29 is 9.13 Å². The van der Waals surface area contributed by atoms with E-state index in [1.54, 1.807) is 29.5 Å². The van der Waals surface area contributed by atoms with Crippen molar-refractivity contribution >= 4 is 11.3 Å². The minimum absolute atomic E-state index is 0.216. The Morgan fingerprint density at radius 3 is 2.89 bits per heavy atom.